The van der Waals surface area contributed by atoms with E-state index in [2.05, 4.69) is 33.1 Å². The number of halogens is 3. The molecule has 2 aromatic heterocycles. The van der Waals surface area contributed by atoms with E-state index in [0.29, 0.717) is 11.6 Å². The molecule has 0 saturated heterocycles. The fraction of sp³-hybridized carbons (Fsp3) is 0.318. The minimum absolute atomic E-state index is 0.285. The third-order valence-electron chi connectivity index (χ3n) is 4.94. The van der Waals surface area contributed by atoms with Crippen LogP contribution in [-0.2, 0) is 4.79 Å². The molecule has 4 heterocycles. The molecule has 0 radical (unpaired) electrons. The first-order chi connectivity index (χ1) is 15.7. The molecule has 2 aliphatic rings. The molecule has 2 aliphatic heterocycles. The van der Waals surface area contributed by atoms with E-state index in [-0.39, 0.29) is 5.91 Å². The molecule has 0 aromatic carbocycles. The maximum atomic E-state index is 12.4. The van der Waals surface area contributed by atoms with E-state index in [9.17, 15) is 18.0 Å². The average molecular weight is 464 g/mol. The summed E-state index contributed by atoms with van der Waals surface area (Å²) in [4.78, 5) is 25.7. The number of carboxylic acids is 1. The van der Waals surface area contributed by atoms with Crippen LogP contribution in [0.2, 0.25) is 0 Å². The van der Waals surface area contributed by atoms with Crippen molar-refractivity contribution in [3.05, 3.63) is 59.7 Å². The Balaban J connectivity index is 0.000000383. The van der Waals surface area contributed by atoms with Crippen LogP contribution in [0.1, 0.15) is 34.5 Å². The summed E-state index contributed by atoms with van der Waals surface area (Å²) >= 11 is 0. The number of nitrogens with zero attached hydrogens (tertiary/aromatic N) is 1. The normalized spacial score (nSPS) is 16.1. The third-order valence-corrected chi connectivity index (χ3v) is 4.94. The van der Waals surface area contributed by atoms with Crippen LogP contribution in [0.4, 0.5) is 19.0 Å². The fourth-order valence-corrected chi connectivity index (χ4v) is 3.23. The second kappa shape index (κ2) is 10.9. The lowest BCUT2D eigenvalue weighted by atomic mass is 10.0. The highest BCUT2D eigenvalue weighted by atomic mass is 19.4. The Morgan fingerprint density at radius 3 is 2.12 bits per heavy atom. The SMILES string of the molecule is O=C(Nc1ccc(C2=CCNCC2)cn1)c1cc(C2=CCNCC2)co1.O=C(O)C(F)(F)F. The zero-order valence-electron chi connectivity index (χ0n) is 17.5. The summed E-state index contributed by atoms with van der Waals surface area (Å²) in [6.45, 7) is 3.67. The van der Waals surface area contributed by atoms with Crippen LogP contribution in [-0.4, -0.2) is 54.3 Å². The Bertz CT molecular complexity index is 1040. The summed E-state index contributed by atoms with van der Waals surface area (Å²) in [5.74, 6) is -2.22. The molecule has 0 spiro atoms. The van der Waals surface area contributed by atoms with Gasteiger partial charge < -0.3 is 25.5 Å². The number of aromatic nitrogens is 1. The van der Waals surface area contributed by atoms with E-state index in [4.69, 9.17) is 14.3 Å². The molecular weight excluding hydrogens is 441 g/mol. The van der Waals surface area contributed by atoms with E-state index in [1.54, 1.807) is 18.5 Å². The zero-order chi connectivity index (χ0) is 23.8. The number of carbonyl (C=O) groups excluding carboxylic acids is 1. The highest BCUT2D eigenvalue weighted by Gasteiger charge is 2.38. The first-order valence-corrected chi connectivity index (χ1v) is 10.2. The topological polar surface area (TPSA) is 116 Å². The molecule has 11 heteroatoms. The summed E-state index contributed by atoms with van der Waals surface area (Å²) < 4.78 is 37.2. The molecule has 0 atom stereocenters. The summed E-state index contributed by atoms with van der Waals surface area (Å²) in [7, 11) is 0. The number of carbonyl (C=O) groups is 2. The summed E-state index contributed by atoms with van der Waals surface area (Å²) in [5, 5.41) is 16.5. The number of amides is 1. The number of rotatable bonds is 4. The number of hydrogen-bond acceptors (Lipinski definition) is 6. The standard InChI is InChI=1S/C20H22N4O2.C2HF3O2/c25-20(18-11-17(13-26-18)15-5-9-22-10-6-15)24-19-2-1-16(12-23-19)14-3-7-21-8-4-14;3-2(4,5)1(6)7/h1-3,5,11-13,21-22H,4,6-10H2,(H,23,24,25);(H,6,7). The molecule has 0 unspecified atom stereocenters. The van der Waals surface area contributed by atoms with E-state index in [1.165, 1.54) is 11.1 Å². The van der Waals surface area contributed by atoms with Gasteiger partial charge in [-0.05, 0) is 60.8 Å². The van der Waals surface area contributed by atoms with Crippen LogP contribution in [0, 0.1) is 0 Å². The van der Waals surface area contributed by atoms with Crippen molar-refractivity contribution in [3.63, 3.8) is 0 Å². The fourth-order valence-electron chi connectivity index (χ4n) is 3.23. The number of hydrogen-bond donors (Lipinski definition) is 4. The lowest BCUT2D eigenvalue weighted by Crippen LogP contribution is -2.21. The molecule has 2 aromatic rings. The predicted molar refractivity (Wildman–Crippen MR) is 116 cm³/mol. The van der Waals surface area contributed by atoms with Crippen molar-refractivity contribution in [1.29, 1.82) is 0 Å². The number of pyridine rings is 1. The molecule has 0 aliphatic carbocycles. The molecular formula is C22H23F3N4O4. The number of alkyl halides is 3. The van der Waals surface area contributed by atoms with Crippen molar-refractivity contribution < 1.29 is 32.3 Å². The Labute approximate surface area is 187 Å². The number of carboxylic acid groups (broad SMARTS) is 1. The Morgan fingerprint density at radius 1 is 1.03 bits per heavy atom. The van der Waals surface area contributed by atoms with Crippen LogP contribution in [0.25, 0.3) is 11.1 Å². The van der Waals surface area contributed by atoms with Crippen molar-refractivity contribution >= 4 is 28.8 Å². The van der Waals surface area contributed by atoms with Crippen LogP contribution < -0.4 is 16.0 Å². The van der Waals surface area contributed by atoms with Gasteiger partial charge >= 0.3 is 12.1 Å². The maximum absolute atomic E-state index is 12.4. The van der Waals surface area contributed by atoms with Crippen LogP contribution >= 0.6 is 0 Å². The number of aliphatic carboxylic acids is 1. The van der Waals surface area contributed by atoms with E-state index < -0.39 is 12.1 Å². The quantitative estimate of drug-likeness (QED) is 0.549. The lowest BCUT2D eigenvalue weighted by molar-refractivity contribution is -0.192. The largest absolute Gasteiger partial charge is 0.490 e. The number of nitrogens with one attached hydrogen (secondary N) is 3. The van der Waals surface area contributed by atoms with Crippen molar-refractivity contribution in [2.24, 2.45) is 0 Å². The van der Waals surface area contributed by atoms with Crippen LogP contribution in [0.5, 0.6) is 0 Å². The van der Waals surface area contributed by atoms with Gasteiger partial charge in [0.15, 0.2) is 5.76 Å². The van der Waals surface area contributed by atoms with Gasteiger partial charge in [0.1, 0.15) is 5.82 Å². The van der Waals surface area contributed by atoms with Crippen molar-refractivity contribution in [1.82, 2.24) is 15.6 Å². The maximum Gasteiger partial charge on any atom is 0.490 e. The predicted octanol–water partition coefficient (Wildman–Crippen LogP) is 3.31. The molecule has 0 bridgehead atoms. The van der Waals surface area contributed by atoms with Crippen molar-refractivity contribution in [3.8, 4) is 0 Å². The van der Waals surface area contributed by atoms with Gasteiger partial charge in [-0.15, -0.1) is 0 Å². The molecule has 4 N–H and O–H groups in total. The Hall–Kier alpha value is -3.44. The minimum Gasteiger partial charge on any atom is -0.475 e. The van der Waals surface area contributed by atoms with E-state index in [1.807, 2.05) is 12.1 Å². The van der Waals surface area contributed by atoms with E-state index >= 15 is 0 Å². The highest BCUT2D eigenvalue weighted by Crippen LogP contribution is 2.23. The van der Waals surface area contributed by atoms with Crippen LogP contribution in [0.15, 0.2) is 47.2 Å². The van der Waals surface area contributed by atoms with Gasteiger partial charge in [-0.3, -0.25) is 4.79 Å². The molecule has 8 nitrogen and oxygen atoms in total. The van der Waals surface area contributed by atoms with Gasteiger partial charge in [-0.2, -0.15) is 13.2 Å². The molecule has 176 valence electrons. The second-order valence-corrected chi connectivity index (χ2v) is 7.26. The van der Waals surface area contributed by atoms with Crippen molar-refractivity contribution in [2.75, 3.05) is 31.5 Å². The first kappa shape index (κ1) is 24.2. The summed E-state index contributed by atoms with van der Waals surface area (Å²) in [6, 6.07) is 5.61. The molecule has 33 heavy (non-hydrogen) atoms. The Kier molecular flexibility index (Phi) is 8.01. The van der Waals surface area contributed by atoms with Crippen LogP contribution in [0.3, 0.4) is 0 Å². The van der Waals surface area contributed by atoms with Gasteiger partial charge in [-0.1, -0.05) is 12.2 Å². The zero-order valence-corrected chi connectivity index (χ0v) is 17.5. The van der Waals surface area contributed by atoms with Gasteiger partial charge in [0.2, 0.25) is 0 Å². The van der Waals surface area contributed by atoms with Gasteiger partial charge in [0, 0.05) is 24.8 Å². The van der Waals surface area contributed by atoms with E-state index in [0.717, 1.165) is 50.1 Å². The molecule has 1 amide bonds. The molecule has 0 saturated carbocycles. The molecule has 0 fully saturated rings. The first-order valence-electron chi connectivity index (χ1n) is 10.2. The van der Waals surface area contributed by atoms with Gasteiger partial charge in [0.25, 0.3) is 5.91 Å². The summed E-state index contributed by atoms with van der Waals surface area (Å²) in [5.41, 5.74) is 4.57. The lowest BCUT2D eigenvalue weighted by Gasteiger charge is -2.14. The highest BCUT2D eigenvalue weighted by molar-refractivity contribution is 6.02. The average Bonchev–Trinajstić information content (AvgIpc) is 3.31. The third kappa shape index (κ3) is 7.02. The Morgan fingerprint density at radius 2 is 1.64 bits per heavy atom. The monoisotopic (exact) mass is 464 g/mol. The van der Waals surface area contributed by atoms with Gasteiger partial charge in [-0.25, -0.2) is 9.78 Å². The van der Waals surface area contributed by atoms with Gasteiger partial charge in [0.05, 0.1) is 6.26 Å². The summed E-state index contributed by atoms with van der Waals surface area (Å²) in [6.07, 6.45) is 4.61. The second-order valence-electron chi connectivity index (χ2n) is 7.26. The van der Waals surface area contributed by atoms with Crippen molar-refractivity contribution in [2.45, 2.75) is 19.0 Å². The molecule has 4 rings (SSSR count). The number of anilines is 1. The minimum atomic E-state index is -5.08. The smallest absolute Gasteiger partial charge is 0.475 e. The number of furan rings is 1.